The summed E-state index contributed by atoms with van der Waals surface area (Å²) in [5, 5.41) is 12.0. The van der Waals surface area contributed by atoms with Crippen LogP contribution in [-0.2, 0) is 5.75 Å². The second-order valence-electron chi connectivity index (χ2n) is 5.79. The quantitative estimate of drug-likeness (QED) is 0.493. The van der Waals surface area contributed by atoms with Crippen LogP contribution in [0.4, 0.5) is 5.69 Å². The monoisotopic (exact) mass is 353 g/mol. The topological polar surface area (TPSA) is 66.0 Å². The van der Waals surface area contributed by atoms with Crippen LogP contribution in [0, 0.1) is 0 Å². The maximum Gasteiger partial charge on any atom is 0.180 e. The largest absolute Gasteiger partial charge is 0.377 e. The summed E-state index contributed by atoms with van der Waals surface area (Å²) in [4.78, 5) is 2.38. The van der Waals surface area contributed by atoms with Gasteiger partial charge in [0.15, 0.2) is 5.17 Å². The van der Waals surface area contributed by atoms with Gasteiger partial charge < -0.3 is 16.0 Å². The molecule has 25 heavy (non-hydrogen) atoms. The van der Waals surface area contributed by atoms with E-state index in [0.29, 0.717) is 5.17 Å². The minimum Gasteiger partial charge on any atom is -0.377 e. The van der Waals surface area contributed by atoms with Crippen molar-refractivity contribution in [1.29, 1.82) is 0 Å². The molecule has 0 saturated carbocycles. The van der Waals surface area contributed by atoms with Crippen LogP contribution in [0.1, 0.15) is 11.1 Å². The molecule has 1 aliphatic rings. The predicted octanol–water partition coefficient (Wildman–Crippen LogP) is 2.68. The molecule has 0 radical (unpaired) electrons. The Bertz CT molecular complexity index is 706. The first-order valence-electron chi connectivity index (χ1n) is 8.40. The molecule has 3 N–H and O–H groups in total. The number of hydrogen-bond acceptors (Lipinski definition) is 5. The molecule has 0 spiro atoms. The first kappa shape index (κ1) is 17.5. The third-order valence-electron chi connectivity index (χ3n) is 3.97. The molecule has 2 aromatic rings. The molecule has 0 aliphatic carbocycles. The summed E-state index contributed by atoms with van der Waals surface area (Å²) in [7, 11) is 0. The number of rotatable bonds is 5. The van der Waals surface area contributed by atoms with Gasteiger partial charge in [0, 0.05) is 37.6 Å². The molecular formula is C19H23N5S. The van der Waals surface area contributed by atoms with E-state index in [2.05, 4.69) is 56.8 Å². The number of nitrogens with zero attached hydrogens (tertiary/aromatic N) is 3. The lowest BCUT2D eigenvalue weighted by molar-refractivity contribution is 0.589. The summed E-state index contributed by atoms with van der Waals surface area (Å²) in [6, 6.07) is 18.6. The lowest BCUT2D eigenvalue weighted by Crippen LogP contribution is -2.43. The van der Waals surface area contributed by atoms with Crippen molar-refractivity contribution in [2.45, 2.75) is 5.75 Å². The average molecular weight is 353 g/mol. The number of nitrogens with two attached hydrogens (primary N) is 1. The minimum atomic E-state index is 0.470. The van der Waals surface area contributed by atoms with Gasteiger partial charge >= 0.3 is 0 Å². The lowest BCUT2D eigenvalue weighted by atomic mass is 10.2. The highest BCUT2D eigenvalue weighted by atomic mass is 32.2. The molecule has 6 heteroatoms. The van der Waals surface area contributed by atoms with E-state index in [4.69, 9.17) is 5.73 Å². The molecule has 0 aromatic heterocycles. The fourth-order valence-electron chi connectivity index (χ4n) is 2.61. The second kappa shape index (κ2) is 9.25. The third kappa shape index (κ3) is 5.62. The predicted molar refractivity (Wildman–Crippen MR) is 108 cm³/mol. The summed E-state index contributed by atoms with van der Waals surface area (Å²) in [5.74, 6) is 0.797. The molecule has 5 nitrogen and oxygen atoms in total. The van der Waals surface area contributed by atoms with Crippen molar-refractivity contribution in [3.05, 3.63) is 65.7 Å². The molecule has 2 aromatic carbocycles. The highest BCUT2D eigenvalue weighted by Gasteiger charge is 2.09. The van der Waals surface area contributed by atoms with Gasteiger partial charge in [-0.3, -0.25) is 0 Å². The summed E-state index contributed by atoms with van der Waals surface area (Å²) >= 11 is 1.49. The summed E-state index contributed by atoms with van der Waals surface area (Å²) in [5.41, 5.74) is 9.38. The maximum absolute atomic E-state index is 5.89. The van der Waals surface area contributed by atoms with Crippen molar-refractivity contribution in [2.75, 3.05) is 31.1 Å². The van der Waals surface area contributed by atoms with Crippen LogP contribution in [0.15, 0.2) is 64.8 Å². The van der Waals surface area contributed by atoms with Gasteiger partial charge in [0.2, 0.25) is 0 Å². The molecule has 3 rings (SSSR count). The third-order valence-corrected chi connectivity index (χ3v) is 4.82. The normalized spacial score (nSPS) is 15.7. The Morgan fingerprint density at radius 3 is 2.52 bits per heavy atom. The van der Waals surface area contributed by atoms with Gasteiger partial charge in [-0.05, 0) is 23.3 Å². The molecule has 0 atom stereocenters. The van der Waals surface area contributed by atoms with Gasteiger partial charge in [0.05, 0.1) is 6.21 Å². The number of thioether (sulfide) groups is 1. The first-order chi connectivity index (χ1) is 12.3. The Kier molecular flexibility index (Phi) is 6.48. The van der Waals surface area contributed by atoms with E-state index in [1.165, 1.54) is 23.0 Å². The SMILES string of the molecule is NC(=NN=Cc1ccc(N2CCNCC2)cc1)SCc1ccccc1. The van der Waals surface area contributed by atoms with Gasteiger partial charge in [0.1, 0.15) is 0 Å². The Morgan fingerprint density at radius 2 is 1.80 bits per heavy atom. The number of benzene rings is 2. The van der Waals surface area contributed by atoms with Crippen molar-refractivity contribution >= 4 is 28.8 Å². The van der Waals surface area contributed by atoms with Crippen molar-refractivity contribution in [2.24, 2.45) is 15.9 Å². The molecule has 1 saturated heterocycles. The van der Waals surface area contributed by atoms with E-state index < -0.39 is 0 Å². The fourth-order valence-corrected chi connectivity index (χ4v) is 3.22. The molecule has 1 aliphatic heterocycles. The summed E-state index contributed by atoms with van der Waals surface area (Å²) < 4.78 is 0. The van der Waals surface area contributed by atoms with E-state index in [1.807, 2.05) is 18.2 Å². The Labute approximate surface area is 153 Å². The molecule has 0 unspecified atom stereocenters. The number of nitrogens with one attached hydrogen (secondary N) is 1. The van der Waals surface area contributed by atoms with Crippen LogP contribution in [-0.4, -0.2) is 37.6 Å². The van der Waals surface area contributed by atoms with Crippen molar-refractivity contribution < 1.29 is 0 Å². The van der Waals surface area contributed by atoms with E-state index in [0.717, 1.165) is 37.5 Å². The Hall–Kier alpha value is -2.31. The maximum atomic E-state index is 5.89. The molecule has 1 heterocycles. The van der Waals surface area contributed by atoms with Gasteiger partial charge in [-0.2, -0.15) is 5.10 Å². The zero-order valence-corrected chi connectivity index (χ0v) is 15.0. The molecule has 1 fully saturated rings. The van der Waals surface area contributed by atoms with Crippen LogP contribution < -0.4 is 16.0 Å². The Morgan fingerprint density at radius 1 is 1.08 bits per heavy atom. The molecular weight excluding hydrogens is 330 g/mol. The van der Waals surface area contributed by atoms with Crippen LogP contribution in [0.25, 0.3) is 0 Å². The lowest BCUT2D eigenvalue weighted by Gasteiger charge is -2.29. The van der Waals surface area contributed by atoms with Crippen LogP contribution in [0.5, 0.6) is 0 Å². The van der Waals surface area contributed by atoms with E-state index in [1.54, 1.807) is 6.21 Å². The number of hydrogen-bond donors (Lipinski definition) is 2. The summed E-state index contributed by atoms with van der Waals surface area (Å²) in [6.07, 6.45) is 1.73. The Balaban J connectivity index is 1.50. The number of amidine groups is 1. The number of piperazine rings is 1. The average Bonchev–Trinajstić information content (AvgIpc) is 2.68. The van der Waals surface area contributed by atoms with Crippen LogP contribution in [0.2, 0.25) is 0 Å². The van der Waals surface area contributed by atoms with Gasteiger partial charge in [-0.25, -0.2) is 0 Å². The van der Waals surface area contributed by atoms with Crippen molar-refractivity contribution in [3.63, 3.8) is 0 Å². The van der Waals surface area contributed by atoms with Crippen LogP contribution in [0.3, 0.4) is 0 Å². The smallest absolute Gasteiger partial charge is 0.180 e. The van der Waals surface area contributed by atoms with Crippen LogP contribution >= 0.6 is 11.8 Å². The van der Waals surface area contributed by atoms with Crippen molar-refractivity contribution in [1.82, 2.24) is 5.32 Å². The van der Waals surface area contributed by atoms with Gasteiger partial charge in [-0.1, -0.05) is 54.2 Å². The molecule has 130 valence electrons. The standard InChI is InChI=1S/C19H23N5S/c20-19(25-15-17-4-2-1-3-5-17)23-22-14-16-6-8-18(9-7-16)24-12-10-21-11-13-24/h1-9,14,21H,10-13,15H2,(H2,20,23). The zero-order valence-electron chi connectivity index (χ0n) is 14.1. The van der Waals surface area contributed by atoms with E-state index in [9.17, 15) is 0 Å². The molecule has 0 bridgehead atoms. The minimum absolute atomic E-state index is 0.470. The van der Waals surface area contributed by atoms with Gasteiger partial charge in [-0.15, -0.1) is 5.10 Å². The highest BCUT2D eigenvalue weighted by Crippen LogP contribution is 2.15. The van der Waals surface area contributed by atoms with Gasteiger partial charge in [0.25, 0.3) is 0 Å². The first-order valence-corrected chi connectivity index (χ1v) is 9.39. The molecule has 0 amide bonds. The van der Waals surface area contributed by atoms with E-state index >= 15 is 0 Å². The summed E-state index contributed by atoms with van der Waals surface area (Å²) in [6.45, 7) is 4.18. The second-order valence-corrected chi connectivity index (χ2v) is 6.78. The van der Waals surface area contributed by atoms with Crippen molar-refractivity contribution in [3.8, 4) is 0 Å². The fraction of sp³-hybridized carbons (Fsp3) is 0.263. The highest BCUT2D eigenvalue weighted by molar-refractivity contribution is 8.13. The zero-order chi connectivity index (χ0) is 17.3. The number of anilines is 1. The van der Waals surface area contributed by atoms with E-state index in [-0.39, 0.29) is 0 Å².